The van der Waals surface area contributed by atoms with Gasteiger partial charge in [-0.3, -0.25) is 0 Å². The first-order valence-electron chi connectivity index (χ1n) is 8.62. The fourth-order valence-electron chi connectivity index (χ4n) is 5.08. The summed E-state index contributed by atoms with van der Waals surface area (Å²) < 4.78 is 0. The molecule has 0 heterocycles. The second kappa shape index (κ2) is 5.57. The van der Waals surface area contributed by atoms with Crippen LogP contribution in [0.1, 0.15) is 45.6 Å². The average Bonchev–Trinajstić information content (AvgIpc) is 2.51. The molecule has 2 aliphatic rings. The summed E-state index contributed by atoms with van der Waals surface area (Å²) in [5.74, 6) is 0.118. The topological polar surface area (TPSA) is 41.7 Å². The summed E-state index contributed by atoms with van der Waals surface area (Å²) in [6.45, 7) is 13.4. The van der Waals surface area contributed by atoms with Crippen LogP contribution >= 0.6 is 0 Å². The normalized spacial score (nSPS) is 34.9. The molecule has 3 heteroatoms. The molecular formula is C21H25NO2. The van der Waals surface area contributed by atoms with Gasteiger partial charge in [0, 0.05) is 11.8 Å². The van der Waals surface area contributed by atoms with Crippen LogP contribution < -0.4 is 0 Å². The molecule has 0 aromatic heterocycles. The standard InChI is InChI=1S/C21H25NO2/c1-19(2)17-10-11-21(24,12-15-8-6-5-7-9-15)14-20(17,3)13-16(22-4)18(19)23/h5-9,13,17,24H,10-12,14H2,1-3H3/t17-,20+,21+/m1/s1. The molecule has 0 bridgehead atoms. The van der Waals surface area contributed by atoms with E-state index in [9.17, 15) is 9.90 Å². The van der Waals surface area contributed by atoms with Crippen molar-refractivity contribution in [1.29, 1.82) is 0 Å². The molecule has 2 aliphatic carbocycles. The number of benzene rings is 1. The van der Waals surface area contributed by atoms with Gasteiger partial charge in [-0.1, -0.05) is 57.2 Å². The Bertz CT molecular complexity index is 728. The van der Waals surface area contributed by atoms with Crippen molar-refractivity contribution in [2.75, 3.05) is 0 Å². The molecule has 0 aliphatic heterocycles. The van der Waals surface area contributed by atoms with Crippen molar-refractivity contribution in [1.82, 2.24) is 0 Å². The lowest BCUT2D eigenvalue weighted by atomic mass is 9.50. The second-order valence-corrected chi connectivity index (χ2v) is 8.35. The minimum absolute atomic E-state index is 0.0477. The third kappa shape index (κ3) is 2.70. The number of ketones is 1. The molecule has 0 unspecified atom stereocenters. The first-order valence-corrected chi connectivity index (χ1v) is 8.62. The number of hydrogen-bond donors (Lipinski definition) is 1. The predicted molar refractivity (Wildman–Crippen MR) is 94.0 cm³/mol. The van der Waals surface area contributed by atoms with E-state index in [-0.39, 0.29) is 22.8 Å². The summed E-state index contributed by atoms with van der Waals surface area (Å²) in [6, 6.07) is 10.0. The van der Waals surface area contributed by atoms with Crippen LogP contribution in [0.4, 0.5) is 0 Å². The molecule has 126 valence electrons. The highest BCUT2D eigenvalue weighted by Gasteiger charge is 2.56. The number of nitrogens with zero attached hydrogens (tertiary/aromatic N) is 1. The maximum Gasteiger partial charge on any atom is 0.226 e. The van der Waals surface area contributed by atoms with Crippen LogP contribution in [0.25, 0.3) is 4.85 Å². The summed E-state index contributed by atoms with van der Waals surface area (Å²) in [5, 5.41) is 11.2. The Hall–Kier alpha value is -1.92. The molecule has 1 aromatic rings. The van der Waals surface area contributed by atoms with Crippen molar-refractivity contribution in [3.8, 4) is 0 Å². The first-order chi connectivity index (χ1) is 11.2. The van der Waals surface area contributed by atoms with Crippen LogP contribution in [0.3, 0.4) is 0 Å². The Balaban J connectivity index is 1.94. The van der Waals surface area contributed by atoms with E-state index in [0.29, 0.717) is 19.3 Å². The number of carbonyl (C=O) groups is 1. The van der Waals surface area contributed by atoms with Crippen LogP contribution in [-0.4, -0.2) is 16.5 Å². The molecule has 0 radical (unpaired) electrons. The van der Waals surface area contributed by atoms with Crippen molar-refractivity contribution in [3.05, 3.63) is 59.1 Å². The molecular weight excluding hydrogens is 298 g/mol. The van der Waals surface area contributed by atoms with Crippen molar-refractivity contribution < 1.29 is 9.90 Å². The quantitative estimate of drug-likeness (QED) is 0.830. The summed E-state index contributed by atoms with van der Waals surface area (Å²) in [6.07, 6.45) is 4.55. The smallest absolute Gasteiger partial charge is 0.226 e. The van der Waals surface area contributed by atoms with Gasteiger partial charge in [-0.2, -0.15) is 0 Å². The minimum atomic E-state index is -0.785. The number of carbonyl (C=O) groups excluding carboxylic acids is 1. The van der Waals surface area contributed by atoms with Crippen LogP contribution in [0.2, 0.25) is 0 Å². The maximum atomic E-state index is 12.6. The van der Waals surface area contributed by atoms with Gasteiger partial charge in [-0.05, 0) is 36.2 Å². The van der Waals surface area contributed by atoms with E-state index in [1.54, 1.807) is 0 Å². The van der Waals surface area contributed by atoms with Crippen LogP contribution in [0.15, 0.2) is 42.1 Å². The van der Waals surface area contributed by atoms with Gasteiger partial charge in [0.1, 0.15) is 0 Å². The van der Waals surface area contributed by atoms with Gasteiger partial charge in [-0.15, -0.1) is 0 Å². The zero-order valence-corrected chi connectivity index (χ0v) is 14.7. The number of allylic oxidation sites excluding steroid dienone is 2. The van der Waals surface area contributed by atoms with Crippen LogP contribution in [0, 0.1) is 23.3 Å². The first kappa shape index (κ1) is 16.9. The largest absolute Gasteiger partial charge is 0.390 e. The van der Waals surface area contributed by atoms with Crippen LogP contribution in [-0.2, 0) is 11.2 Å². The average molecular weight is 323 g/mol. The van der Waals surface area contributed by atoms with E-state index < -0.39 is 11.0 Å². The fraction of sp³-hybridized carbons (Fsp3) is 0.524. The van der Waals surface area contributed by atoms with Gasteiger partial charge in [0.2, 0.25) is 5.70 Å². The highest BCUT2D eigenvalue weighted by Crippen LogP contribution is 2.57. The molecule has 24 heavy (non-hydrogen) atoms. The molecule has 3 atom stereocenters. The minimum Gasteiger partial charge on any atom is -0.390 e. The number of aliphatic hydroxyl groups is 1. The maximum absolute atomic E-state index is 12.6. The Kier molecular flexibility index (Phi) is 3.92. The third-order valence-corrected chi connectivity index (χ3v) is 6.06. The summed E-state index contributed by atoms with van der Waals surface area (Å²) >= 11 is 0. The Labute approximate surface area is 144 Å². The number of hydrogen-bond acceptors (Lipinski definition) is 2. The van der Waals surface area contributed by atoms with Gasteiger partial charge < -0.3 is 9.90 Å². The fourth-order valence-corrected chi connectivity index (χ4v) is 5.08. The molecule has 1 aromatic carbocycles. The summed E-state index contributed by atoms with van der Waals surface area (Å²) in [7, 11) is 0. The lowest BCUT2D eigenvalue weighted by Gasteiger charge is -2.54. The molecule has 3 rings (SSSR count). The number of rotatable bonds is 2. The zero-order chi connectivity index (χ0) is 17.6. The lowest BCUT2D eigenvalue weighted by Crippen LogP contribution is -2.54. The van der Waals surface area contributed by atoms with Crippen molar-refractivity contribution >= 4 is 5.78 Å². The highest BCUT2D eigenvalue weighted by molar-refractivity contribution is 6.02. The molecule has 1 saturated carbocycles. The van der Waals surface area contributed by atoms with Gasteiger partial charge in [0.25, 0.3) is 0 Å². The summed E-state index contributed by atoms with van der Waals surface area (Å²) in [4.78, 5) is 16.1. The predicted octanol–water partition coefficient (Wildman–Crippen LogP) is 4.18. The Morgan fingerprint density at radius 2 is 1.92 bits per heavy atom. The van der Waals surface area contributed by atoms with E-state index in [1.807, 2.05) is 50.3 Å². The van der Waals surface area contributed by atoms with Gasteiger partial charge >= 0.3 is 0 Å². The lowest BCUT2D eigenvalue weighted by molar-refractivity contribution is -0.137. The molecule has 0 saturated heterocycles. The Morgan fingerprint density at radius 1 is 1.25 bits per heavy atom. The van der Waals surface area contributed by atoms with Crippen molar-refractivity contribution in [2.24, 2.45) is 16.7 Å². The van der Waals surface area contributed by atoms with Gasteiger partial charge in [0.15, 0.2) is 5.78 Å². The highest BCUT2D eigenvalue weighted by atomic mass is 16.3. The van der Waals surface area contributed by atoms with E-state index in [2.05, 4.69) is 11.8 Å². The molecule has 0 amide bonds. The van der Waals surface area contributed by atoms with E-state index in [4.69, 9.17) is 6.57 Å². The van der Waals surface area contributed by atoms with E-state index in [1.165, 1.54) is 0 Å². The van der Waals surface area contributed by atoms with Gasteiger partial charge in [-0.25, -0.2) is 4.85 Å². The van der Waals surface area contributed by atoms with Crippen molar-refractivity contribution in [3.63, 3.8) is 0 Å². The molecule has 3 nitrogen and oxygen atoms in total. The SMILES string of the molecule is [C-]#[N+]C1=C[C@@]2(C)C[C@@](O)(Cc3ccccc3)CC[C@@H]2C(C)(C)C1=O. The molecule has 0 spiro atoms. The third-order valence-electron chi connectivity index (χ3n) is 6.06. The molecule has 1 fully saturated rings. The molecule has 1 N–H and O–H groups in total. The Morgan fingerprint density at radius 3 is 2.54 bits per heavy atom. The second-order valence-electron chi connectivity index (χ2n) is 8.35. The van der Waals surface area contributed by atoms with E-state index >= 15 is 0 Å². The summed E-state index contributed by atoms with van der Waals surface area (Å²) in [5.41, 5.74) is -0.284. The number of fused-ring (bicyclic) bond motifs is 1. The monoisotopic (exact) mass is 323 g/mol. The van der Waals surface area contributed by atoms with Crippen molar-refractivity contribution in [2.45, 2.75) is 52.1 Å². The number of Topliss-reactive ketones (excluding diaryl/α,β-unsaturated/α-hetero) is 1. The zero-order valence-electron chi connectivity index (χ0n) is 14.7. The van der Waals surface area contributed by atoms with Gasteiger partial charge in [0.05, 0.1) is 12.2 Å². The van der Waals surface area contributed by atoms with E-state index in [0.717, 1.165) is 12.0 Å². The van der Waals surface area contributed by atoms with Crippen LogP contribution in [0.5, 0.6) is 0 Å².